The molecule has 3 aliphatic rings. The molecule has 7 nitrogen and oxygen atoms in total. The summed E-state index contributed by atoms with van der Waals surface area (Å²) in [5.74, 6) is -3.61. The fraction of sp³-hybridized carbons (Fsp3) is 0.312. The Hall–Kier alpha value is -2.67. The molecule has 0 radical (unpaired) electrons. The number of aliphatic hydroxyl groups excluding tert-OH is 2. The molecule has 0 bridgehead atoms. The van der Waals surface area contributed by atoms with Crippen LogP contribution in [0.15, 0.2) is 46.8 Å². The summed E-state index contributed by atoms with van der Waals surface area (Å²) in [7, 11) is 0. The van der Waals surface area contributed by atoms with E-state index in [1.54, 1.807) is 0 Å². The van der Waals surface area contributed by atoms with Gasteiger partial charge < -0.3 is 20.3 Å². The van der Waals surface area contributed by atoms with Gasteiger partial charge in [-0.2, -0.15) is 0 Å². The number of allylic oxidation sites excluding steroid dienone is 6. The number of rotatable bonds is 1. The molecular formula is C16H15NO6. The zero-order valence-corrected chi connectivity index (χ0v) is 12.2. The third-order valence-corrected chi connectivity index (χ3v) is 3.99. The van der Waals surface area contributed by atoms with Gasteiger partial charge in [-0.1, -0.05) is 0 Å². The number of carbonyl (C=O) groups is 3. The summed E-state index contributed by atoms with van der Waals surface area (Å²) < 4.78 is 5.56. The normalized spacial score (nSPS) is 26.4. The minimum Gasteiger partial charge on any atom is -0.504 e. The number of piperidine rings is 1. The van der Waals surface area contributed by atoms with Crippen molar-refractivity contribution in [3.63, 3.8) is 0 Å². The monoisotopic (exact) mass is 317 g/mol. The first-order valence-electron chi connectivity index (χ1n) is 7.26. The van der Waals surface area contributed by atoms with Gasteiger partial charge in [0.1, 0.15) is 5.76 Å². The first kappa shape index (κ1) is 15.2. The lowest BCUT2D eigenvalue weighted by molar-refractivity contribution is -0.134. The second-order valence-corrected chi connectivity index (χ2v) is 5.53. The molecule has 0 amide bonds. The van der Waals surface area contributed by atoms with Gasteiger partial charge in [-0.15, -0.1) is 0 Å². The molecule has 1 saturated heterocycles. The molecule has 7 heteroatoms. The average molecular weight is 317 g/mol. The zero-order chi connectivity index (χ0) is 16.6. The number of ether oxygens (including phenoxy) is 1. The topological polar surface area (TPSA) is 113 Å². The van der Waals surface area contributed by atoms with Gasteiger partial charge in [-0.3, -0.25) is 14.4 Å². The van der Waals surface area contributed by atoms with Crippen LogP contribution in [0.2, 0.25) is 0 Å². The predicted molar refractivity (Wildman–Crippen MR) is 78.2 cm³/mol. The van der Waals surface area contributed by atoms with Gasteiger partial charge in [-0.25, -0.2) is 0 Å². The fourth-order valence-electron chi connectivity index (χ4n) is 2.72. The number of carbonyl (C=O) groups excluding carboxylic acids is 3. The van der Waals surface area contributed by atoms with Crippen LogP contribution in [0.3, 0.4) is 0 Å². The molecule has 0 saturated carbocycles. The molecule has 1 aliphatic carbocycles. The standard InChI is InChI=1S/C16H15NO6/c18-10-6-12(20)11(19)5-9(10)16-15(22)13(21)7-14(23-16)8-1-3-17-4-2-8/h5-8,17,19-20H,1-4H2/b16-9-. The highest BCUT2D eigenvalue weighted by Gasteiger charge is 2.35. The van der Waals surface area contributed by atoms with Crippen molar-refractivity contribution in [2.45, 2.75) is 12.8 Å². The Kier molecular flexibility index (Phi) is 3.87. The van der Waals surface area contributed by atoms with Crippen LogP contribution >= 0.6 is 0 Å². The molecule has 3 N–H and O–H groups in total. The van der Waals surface area contributed by atoms with Crippen molar-refractivity contribution in [3.05, 3.63) is 46.8 Å². The summed E-state index contributed by atoms with van der Waals surface area (Å²) in [6.45, 7) is 1.55. The van der Waals surface area contributed by atoms with Crippen LogP contribution in [0.1, 0.15) is 12.8 Å². The van der Waals surface area contributed by atoms with Crippen molar-refractivity contribution >= 4 is 17.3 Å². The van der Waals surface area contributed by atoms with E-state index in [0.29, 0.717) is 5.76 Å². The maximum Gasteiger partial charge on any atom is 0.268 e. The summed E-state index contributed by atoms with van der Waals surface area (Å²) in [6, 6.07) is 0. The second kappa shape index (κ2) is 5.85. The summed E-state index contributed by atoms with van der Waals surface area (Å²) in [6.07, 6.45) is 4.40. The van der Waals surface area contributed by atoms with Gasteiger partial charge >= 0.3 is 0 Å². The Labute approximate surface area is 131 Å². The number of ketones is 3. The van der Waals surface area contributed by atoms with Crippen molar-refractivity contribution in [1.29, 1.82) is 0 Å². The molecule has 2 aliphatic heterocycles. The molecular weight excluding hydrogens is 302 g/mol. The van der Waals surface area contributed by atoms with Crippen molar-refractivity contribution in [2.24, 2.45) is 5.92 Å². The molecule has 3 rings (SSSR count). The third kappa shape index (κ3) is 2.83. The molecule has 0 atom stereocenters. The van der Waals surface area contributed by atoms with Gasteiger partial charge in [0, 0.05) is 18.1 Å². The van der Waals surface area contributed by atoms with Crippen LogP contribution in [0, 0.1) is 5.92 Å². The van der Waals surface area contributed by atoms with Crippen LogP contribution < -0.4 is 5.32 Å². The Morgan fingerprint density at radius 2 is 1.61 bits per heavy atom. The molecule has 0 aromatic heterocycles. The largest absolute Gasteiger partial charge is 0.504 e. The van der Waals surface area contributed by atoms with Gasteiger partial charge in [0.2, 0.25) is 5.78 Å². The molecule has 0 aromatic rings. The summed E-state index contributed by atoms with van der Waals surface area (Å²) in [4.78, 5) is 36.0. The molecule has 0 aromatic carbocycles. The van der Waals surface area contributed by atoms with E-state index in [-0.39, 0.29) is 11.5 Å². The van der Waals surface area contributed by atoms with E-state index >= 15 is 0 Å². The Bertz CT molecular complexity index is 719. The molecule has 1 fully saturated rings. The van der Waals surface area contributed by atoms with E-state index < -0.39 is 34.6 Å². The fourth-order valence-corrected chi connectivity index (χ4v) is 2.72. The summed E-state index contributed by atoms with van der Waals surface area (Å²) in [5, 5.41) is 22.1. The quantitative estimate of drug-likeness (QED) is 0.483. The van der Waals surface area contributed by atoms with Crippen LogP contribution in [-0.4, -0.2) is 40.7 Å². The molecule has 0 spiro atoms. The molecule has 0 unspecified atom stereocenters. The van der Waals surface area contributed by atoms with Crippen molar-refractivity contribution < 1.29 is 29.3 Å². The lowest BCUT2D eigenvalue weighted by atomic mass is 9.92. The lowest BCUT2D eigenvalue weighted by Crippen LogP contribution is -2.32. The van der Waals surface area contributed by atoms with Crippen molar-refractivity contribution in [3.8, 4) is 0 Å². The Morgan fingerprint density at radius 1 is 0.957 bits per heavy atom. The number of hydrogen-bond acceptors (Lipinski definition) is 7. The predicted octanol–water partition coefficient (Wildman–Crippen LogP) is 0.759. The number of Topliss-reactive ketones (excluding diaryl/α,β-unsaturated/α-hetero) is 1. The van der Waals surface area contributed by atoms with Crippen LogP contribution in [0.4, 0.5) is 0 Å². The van der Waals surface area contributed by atoms with E-state index in [9.17, 15) is 24.6 Å². The highest BCUT2D eigenvalue weighted by Crippen LogP contribution is 2.31. The van der Waals surface area contributed by atoms with E-state index in [4.69, 9.17) is 4.74 Å². The van der Waals surface area contributed by atoms with E-state index in [1.807, 2.05) is 0 Å². The van der Waals surface area contributed by atoms with Gasteiger partial charge in [-0.05, 0) is 32.0 Å². The highest BCUT2D eigenvalue weighted by molar-refractivity contribution is 6.48. The smallest absolute Gasteiger partial charge is 0.268 e. The minimum absolute atomic E-state index is 0.0101. The van der Waals surface area contributed by atoms with Crippen LogP contribution in [0.5, 0.6) is 0 Å². The maximum absolute atomic E-state index is 12.1. The van der Waals surface area contributed by atoms with E-state index in [1.165, 1.54) is 6.08 Å². The number of nitrogens with one attached hydrogen (secondary N) is 1. The lowest BCUT2D eigenvalue weighted by Gasteiger charge is -2.27. The Balaban J connectivity index is 1.99. The SMILES string of the molecule is O=C1C=C(C2CCNCC2)O/C(=C2/C=C(O)C(O)=CC2=O)C1=O. The van der Waals surface area contributed by atoms with Crippen molar-refractivity contribution in [2.75, 3.05) is 13.1 Å². The Morgan fingerprint density at radius 3 is 2.30 bits per heavy atom. The van der Waals surface area contributed by atoms with Crippen LogP contribution in [0.25, 0.3) is 0 Å². The maximum atomic E-state index is 12.1. The first-order valence-corrected chi connectivity index (χ1v) is 7.26. The summed E-state index contributed by atoms with van der Waals surface area (Å²) in [5.41, 5.74) is -0.238. The number of aliphatic hydroxyl groups is 2. The second-order valence-electron chi connectivity index (χ2n) is 5.53. The average Bonchev–Trinajstić information content (AvgIpc) is 2.54. The first-order chi connectivity index (χ1) is 11.0. The van der Waals surface area contributed by atoms with Gasteiger partial charge in [0.15, 0.2) is 23.1 Å². The minimum atomic E-state index is -0.940. The zero-order valence-electron chi connectivity index (χ0n) is 12.2. The molecule has 23 heavy (non-hydrogen) atoms. The van der Waals surface area contributed by atoms with Gasteiger partial charge in [0.25, 0.3) is 5.78 Å². The van der Waals surface area contributed by atoms with Gasteiger partial charge in [0.05, 0.1) is 5.57 Å². The number of hydrogen-bond donors (Lipinski definition) is 3. The summed E-state index contributed by atoms with van der Waals surface area (Å²) >= 11 is 0. The third-order valence-electron chi connectivity index (χ3n) is 3.99. The highest BCUT2D eigenvalue weighted by atomic mass is 16.5. The van der Waals surface area contributed by atoms with E-state index in [2.05, 4.69) is 5.32 Å². The molecule has 120 valence electrons. The van der Waals surface area contributed by atoms with Crippen LogP contribution in [-0.2, 0) is 19.1 Å². The van der Waals surface area contributed by atoms with Crippen molar-refractivity contribution in [1.82, 2.24) is 5.32 Å². The molecule has 2 heterocycles. The van der Waals surface area contributed by atoms with E-state index in [0.717, 1.165) is 38.1 Å².